The maximum Gasteiger partial charge on any atom is 0.257 e. The largest absolute Gasteiger partial charge is 0.322 e. The van der Waals surface area contributed by atoms with Gasteiger partial charge in [0, 0.05) is 24.3 Å². The average Bonchev–Trinajstić information content (AvgIpc) is 3.06. The number of anilines is 1. The molecule has 0 atom stereocenters. The molecule has 0 spiro atoms. The van der Waals surface area contributed by atoms with E-state index in [1.54, 1.807) is 41.6 Å². The summed E-state index contributed by atoms with van der Waals surface area (Å²) in [5.74, 6) is 0.555. The van der Waals surface area contributed by atoms with Gasteiger partial charge in [0.15, 0.2) is 0 Å². The molecule has 0 radical (unpaired) electrons. The Balaban J connectivity index is 1.79. The van der Waals surface area contributed by atoms with E-state index in [1.165, 1.54) is 0 Å². The van der Waals surface area contributed by atoms with E-state index in [2.05, 4.69) is 15.3 Å². The first-order chi connectivity index (χ1) is 10.6. The number of nitrogens with one attached hydrogen (secondary N) is 1. The van der Waals surface area contributed by atoms with Crippen LogP contribution in [0.3, 0.4) is 0 Å². The van der Waals surface area contributed by atoms with Crippen LogP contribution in [0.25, 0.3) is 5.82 Å². The number of imidazole rings is 1. The molecule has 1 aromatic carbocycles. The van der Waals surface area contributed by atoms with Gasteiger partial charge in [0.2, 0.25) is 0 Å². The molecule has 22 heavy (non-hydrogen) atoms. The lowest BCUT2D eigenvalue weighted by molar-refractivity contribution is 0.102. The van der Waals surface area contributed by atoms with Crippen molar-refractivity contribution in [1.29, 1.82) is 0 Å². The molecular formula is C17H16N4O. The summed E-state index contributed by atoms with van der Waals surface area (Å²) in [6.07, 6.45) is 6.72. The number of aryl methyl sites for hydroxylation is 1. The van der Waals surface area contributed by atoms with Gasteiger partial charge >= 0.3 is 0 Å². The highest BCUT2D eigenvalue weighted by molar-refractivity contribution is 6.04. The Morgan fingerprint density at radius 3 is 2.73 bits per heavy atom. The zero-order chi connectivity index (χ0) is 15.5. The number of aromatic nitrogens is 3. The zero-order valence-corrected chi connectivity index (χ0v) is 12.4. The Kier molecular flexibility index (Phi) is 3.70. The number of carbonyl (C=O) groups excluding carboxylic acids is 1. The van der Waals surface area contributed by atoms with Crippen molar-refractivity contribution in [2.24, 2.45) is 0 Å². The van der Waals surface area contributed by atoms with E-state index in [0.29, 0.717) is 5.56 Å². The highest BCUT2D eigenvalue weighted by atomic mass is 16.1. The van der Waals surface area contributed by atoms with Crippen molar-refractivity contribution in [2.75, 3.05) is 5.32 Å². The number of hydrogen-bond donors (Lipinski definition) is 1. The van der Waals surface area contributed by atoms with Crippen LogP contribution in [0.4, 0.5) is 5.69 Å². The highest BCUT2D eigenvalue weighted by Gasteiger charge is 2.09. The van der Waals surface area contributed by atoms with Crippen LogP contribution in [-0.4, -0.2) is 20.4 Å². The van der Waals surface area contributed by atoms with Crippen LogP contribution in [0, 0.1) is 13.8 Å². The Hall–Kier alpha value is -2.95. The summed E-state index contributed by atoms with van der Waals surface area (Å²) in [5, 5.41) is 2.92. The maximum absolute atomic E-state index is 12.3. The zero-order valence-electron chi connectivity index (χ0n) is 12.4. The first kappa shape index (κ1) is 14.0. The van der Waals surface area contributed by atoms with Gasteiger partial charge in [-0.1, -0.05) is 12.1 Å². The predicted molar refractivity (Wildman–Crippen MR) is 85.2 cm³/mol. The van der Waals surface area contributed by atoms with Crippen LogP contribution in [-0.2, 0) is 0 Å². The molecule has 0 saturated carbocycles. The quantitative estimate of drug-likeness (QED) is 0.806. The van der Waals surface area contributed by atoms with E-state index < -0.39 is 0 Å². The molecule has 2 heterocycles. The number of pyridine rings is 1. The van der Waals surface area contributed by atoms with Crippen LogP contribution in [0.1, 0.15) is 21.5 Å². The van der Waals surface area contributed by atoms with Crippen molar-refractivity contribution in [3.8, 4) is 5.82 Å². The second kappa shape index (κ2) is 5.81. The van der Waals surface area contributed by atoms with Crippen LogP contribution in [0.2, 0.25) is 0 Å². The number of hydrogen-bond acceptors (Lipinski definition) is 3. The Labute approximate surface area is 128 Å². The van der Waals surface area contributed by atoms with Gasteiger partial charge < -0.3 is 5.32 Å². The van der Waals surface area contributed by atoms with Gasteiger partial charge in [-0.2, -0.15) is 0 Å². The van der Waals surface area contributed by atoms with E-state index in [1.807, 2.05) is 32.0 Å². The normalized spacial score (nSPS) is 10.5. The molecule has 0 saturated heterocycles. The Morgan fingerprint density at radius 2 is 2.05 bits per heavy atom. The average molecular weight is 292 g/mol. The first-order valence-corrected chi connectivity index (χ1v) is 6.97. The monoisotopic (exact) mass is 292 g/mol. The predicted octanol–water partition coefficient (Wildman–Crippen LogP) is 3.14. The van der Waals surface area contributed by atoms with Gasteiger partial charge in [0.25, 0.3) is 5.91 Å². The fourth-order valence-electron chi connectivity index (χ4n) is 2.15. The van der Waals surface area contributed by atoms with E-state index in [9.17, 15) is 4.79 Å². The molecule has 3 aromatic rings. The van der Waals surface area contributed by atoms with Gasteiger partial charge in [-0.15, -0.1) is 0 Å². The Morgan fingerprint density at radius 1 is 1.18 bits per heavy atom. The highest BCUT2D eigenvalue weighted by Crippen LogP contribution is 2.18. The van der Waals surface area contributed by atoms with Crippen LogP contribution >= 0.6 is 0 Å². The van der Waals surface area contributed by atoms with Gasteiger partial charge in [0.1, 0.15) is 12.1 Å². The fourth-order valence-corrected chi connectivity index (χ4v) is 2.15. The van der Waals surface area contributed by atoms with Crippen molar-refractivity contribution in [2.45, 2.75) is 13.8 Å². The van der Waals surface area contributed by atoms with Crippen LogP contribution in [0.15, 0.2) is 55.2 Å². The molecule has 0 aliphatic rings. The smallest absolute Gasteiger partial charge is 0.257 e. The third-order valence-electron chi connectivity index (χ3n) is 3.63. The lowest BCUT2D eigenvalue weighted by Gasteiger charge is -2.10. The number of carbonyl (C=O) groups is 1. The van der Waals surface area contributed by atoms with E-state index in [4.69, 9.17) is 0 Å². The lowest BCUT2D eigenvalue weighted by atomic mass is 10.1. The molecule has 0 aliphatic carbocycles. The minimum atomic E-state index is -0.168. The molecule has 0 aliphatic heterocycles. The van der Waals surface area contributed by atoms with Gasteiger partial charge in [-0.05, 0) is 43.2 Å². The van der Waals surface area contributed by atoms with Crippen molar-refractivity contribution in [3.63, 3.8) is 0 Å². The molecule has 5 nitrogen and oxygen atoms in total. The first-order valence-electron chi connectivity index (χ1n) is 6.97. The molecule has 110 valence electrons. The molecule has 0 fully saturated rings. The fraction of sp³-hybridized carbons (Fsp3) is 0.118. The number of amides is 1. The summed E-state index contributed by atoms with van der Waals surface area (Å²) in [6.45, 7) is 4.01. The van der Waals surface area contributed by atoms with E-state index in [-0.39, 0.29) is 5.91 Å². The minimum absolute atomic E-state index is 0.168. The second-order valence-corrected chi connectivity index (χ2v) is 5.08. The van der Waals surface area contributed by atoms with Gasteiger partial charge in [0.05, 0.1) is 5.56 Å². The van der Waals surface area contributed by atoms with Crippen molar-refractivity contribution >= 4 is 11.6 Å². The summed E-state index contributed by atoms with van der Waals surface area (Å²) in [7, 11) is 0. The molecule has 3 rings (SSSR count). The van der Waals surface area contributed by atoms with Gasteiger partial charge in [-0.3, -0.25) is 9.36 Å². The molecule has 2 aromatic heterocycles. The number of benzene rings is 1. The summed E-state index contributed by atoms with van der Waals surface area (Å²) >= 11 is 0. The Bertz CT molecular complexity index is 792. The third kappa shape index (κ3) is 2.74. The topological polar surface area (TPSA) is 59.8 Å². The molecule has 1 N–H and O–H groups in total. The summed E-state index contributed by atoms with van der Waals surface area (Å²) in [4.78, 5) is 20.6. The van der Waals surface area contributed by atoms with Crippen molar-refractivity contribution in [3.05, 3.63) is 71.9 Å². The summed E-state index contributed by atoms with van der Waals surface area (Å²) in [6, 6.07) is 9.39. The van der Waals surface area contributed by atoms with Crippen molar-refractivity contribution in [1.82, 2.24) is 14.5 Å². The number of rotatable bonds is 3. The standard InChI is InChI=1S/C17H16N4O/c1-12-4-3-5-15(13(12)2)20-17(22)14-6-7-16(19-10-14)21-9-8-18-11-21/h3-11H,1-2H3,(H,20,22). The molecule has 0 unspecified atom stereocenters. The SMILES string of the molecule is Cc1cccc(NC(=O)c2ccc(-n3ccnc3)nc2)c1C. The minimum Gasteiger partial charge on any atom is -0.322 e. The van der Waals surface area contributed by atoms with Gasteiger partial charge in [-0.25, -0.2) is 9.97 Å². The van der Waals surface area contributed by atoms with E-state index >= 15 is 0 Å². The summed E-state index contributed by atoms with van der Waals surface area (Å²) < 4.78 is 1.78. The van der Waals surface area contributed by atoms with Crippen LogP contribution < -0.4 is 5.32 Å². The lowest BCUT2D eigenvalue weighted by Crippen LogP contribution is -2.13. The molecule has 5 heteroatoms. The molecular weight excluding hydrogens is 276 g/mol. The van der Waals surface area contributed by atoms with Crippen molar-refractivity contribution < 1.29 is 4.79 Å². The van der Waals surface area contributed by atoms with Crippen LogP contribution in [0.5, 0.6) is 0 Å². The summed E-state index contributed by atoms with van der Waals surface area (Å²) in [5.41, 5.74) is 3.55. The third-order valence-corrected chi connectivity index (χ3v) is 3.63. The molecule has 1 amide bonds. The number of nitrogens with zero attached hydrogens (tertiary/aromatic N) is 3. The molecule has 0 bridgehead atoms. The maximum atomic E-state index is 12.3. The van der Waals surface area contributed by atoms with E-state index in [0.717, 1.165) is 22.6 Å². The second-order valence-electron chi connectivity index (χ2n) is 5.08.